The molecule has 1 aliphatic heterocycles. The Balaban J connectivity index is 2.24. The normalized spacial score (nSPS) is 22.5. The second-order valence-corrected chi connectivity index (χ2v) is 5.80. The Morgan fingerprint density at radius 2 is 2.06 bits per heavy atom. The van der Waals surface area contributed by atoms with Gasteiger partial charge in [0.25, 0.3) is 0 Å². The van der Waals surface area contributed by atoms with Gasteiger partial charge in [-0.25, -0.2) is 8.78 Å². The third-order valence-electron chi connectivity index (χ3n) is 3.19. The lowest BCUT2D eigenvalue weighted by atomic mass is 10.00. The van der Waals surface area contributed by atoms with Gasteiger partial charge < -0.3 is 5.11 Å². The van der Waals surface area contributed by atoms with Crippen LogP contribution in [0.5, 0.6) is 0 Å². The fraction of sp³-hybridized carbons (Fsp3) is 0.538. The second-order valence-electron chi connectivity index (χ2n) is 4.45. The fourth-order valence-corrected chi connectivity index (χ4v) is 3.44. The van der Waals surface area contributed by atoms with Gasteiger partial charge in [-0.1, -0.05) is 18.6 Å². The van der Waals surface area contributed by atoms with Crippen LogP contribution >= 0.6 is 11.8 Å². The number of rotatable bonds is 2. The Bertz CT molecular complexity index is 403. The summed E-state index contributed by atoms with van der Waals surface area (Å²) < 4.78 is 27.1. The minimum Gasteiger partial charge on any atom is -0.387 e. The molecule has 1 aromatic rings. The summed E-state index contributed by atoms with van der Waals surface area (Å²) in [5, 5.41) is 10.1. The van der Waals surface area contributed by atoms with Crippen molar-refractivity contribution in [1.82, 2.24) is 0 Å². The summed E-state index contributed by atoms with van der Waals surface area (Å²) in [7, 11) is 0. The SMILES string of the molecule is Cc1ccc(C(O)C2CCCCS2)c(F)c1F. The van der Waals surface area contributed by atoms with E-state index < -0.39 is 17.7 Å². The van der Waals surface area contributed by atoms with Gasteiger partial charge in [-0.05, 0) is 31.1 Å². The van der Waals surface area contributed by atoms with E-state index in [0.717, 1.165) is 25.0 Å². The molecule has 0 radical (unpaired) electrons. The van der Waals surface area contributed by atoms with Gasteiger partial charge in [-0.3, -0.25) is 0 Å². The van der Waals surface area contributed by atoms with Crippen LogP contribution in [0.4, 0.5) is 8.78 Å². The first kappa shape index (κ1) is 12.8. The molecule has 0 spiro atoms. The Morgan fingerprint density at radius 3 is 2.71 bits per heavy atom. The molecular weight excluding hydrogens is 242 g/mol. The highest BCUT2D eigenvalue weighted by Gasteiger charge is 2.27. The number of halogens is 2. The molecule has 0 amide bonds. The molecule has 94 valence electrons. The van der Waals surface area contributed by atoms with Gasteiger partial charge in [0.05, 0.1) is 6.10 Å². The summed E-state index contributed by atoms with van der Waals surface area (Å²) in [5.74, 6) is -0.761. The summed E-state index contributed by atoms with van der Waals surface area (Å²) in [4.78, 5) is 0. The third kappa shape index (κ3) is 2.63. The molecule has 1 fully saturated rings. The van der Waals surface area contributed by atoms with Gasteiger partial charge in [0, 0.05) is 10.8 Å². The van der Waals surface area contributed by atoms with Crippen LogP contribution in [0.25, 0.3) is 0 Å². The largest absolute Gasteiger partial charge is 0.387 e. The number of thioether (sulfide) groups is 1. The molecule has 0 aromatic heterocycles. The second kappa shape index (κ2) is 5.36. The van der Waals surface area contributed by atoms with Crippen molar-refractivity contribution in [3.63, 3.8) is 0 Å². The topological polar surface area (TPSA) is 20.2 Å². The fourth-order valence-electron chi connectivity index (χ4n) is 2.10. The standard InChI is InChI=1S/C13H16F2OS/c1-8-5-6-9(12(15)11(8)14)13(16)10-4-2-3-7-17-10/h5-6,10,13,16H,2-4,7H2,1H3. The first-order valence-electron chi connectivity index (χ1n) is 5.85. The summed E-state index contributed by atoms with van der Waals surface area (Å²) in [5.41, 5.74) is 0.363. The molecule has 1 N–H and O–H groups in total. The molecular formula is C13H16F2OS. The van der Waals surface area contributed by atoms with Crippen LogP contribution in [0.1, 0.15) is 36.5 Å². The van der Waals surface area contributed by atoms with Gasteiger partial charge in [0.15, 0.2) is 11.6 Å². The van der Waals surface area contributed by atoms with Crippen LogP contribution in [0, 0.1) is 18.6 Å². The average Bonchev–Trinajstić information content (AvgIpc) is 2.36. The molecule has 4 heteroatoms. The van der Waals surface area contributed by atoms with Crippen molar-refractivity contribution in [1.29, 1.82) is 0 Å². The molecule has 2 atom stereocenters. The summed E-state index contributed by atoms with van der Waals surface area (Å²) in [6.45, 7) is 1.52. The average molecular weight is 258 g/mol. The summed E-state index contributed by atoms with van der Waals surface area (Å²) in [6, 6.07) is 3.01. The molecule has 17 heavy (non-hydrogen) atoms. The molecule has 0 aliphatic carbocycles. The third-order valence-corrected chi connectivity index (χ3v) is 4.64. The van der Waals surface area contributed by atoms with Crippen LogP contribution in [-0.4, -0.2) is 16.1 Å². The van der Waals surface area contributed by atoms with Gasteiger partial charge in [0.2, 0.25) is 0 Å². The van der Waals surface area contributed by atoms with E-state index in [9.17, 15) is 13.9 Å². The van der Waals surface area contributed by atoms with Crippen molar-refractivity contribution in [2.75, 3.05) is 5.75 Å². The number of aliphatic hydroxyl groups is 1. The van der Waals surface area contributed by atoms with Crippen molar-refractivity contribution in [3.05, 3.63) is 34.9 Å². The zero-order valence-corrected chi connectivity index (χ0v) is 10.6. The van der Waals surface area contributed by atoms with Crippen LogP contribution in [-0.2, 0) is 0 Å². The molecule has 0 bridgehead atoms. The highest BCUT2D eigenvalue weighted by atomic mass is 32.2. The smallest absolute Gasteiger partial charge is 0.164 e. The van der Waals surface area contributed by atoms with Gasteiger partial charge in [0.1, 0.15) is 0 Å². The maximum Gasteiger partial charge on any atom is 0.164 e. The predicted octanol–water partition coefficient (Wildman–Crippen LogP) is 3.59. The van der Waals surface area contributed by atoms with Gasteiger partial charge >= 0.3 is 0 Å². The Morgan fingerprint density at radius 1 is 1.29 bits per heavy atom. The maximum atomic E-state index is 13.7. The zero-order valence-electron chi connectivity index (χ0n) is 9.75. The number of benzene rings is 1. The maximum absolute atomic E-state index is 13.7. The van der Waals surface area contributed by atoms with Crippen molar-refractivity contribution < 1.29 is 13.9 Å². The molecule has 2 rings (SSSR count). The Kier molecular flexibility index (Phi) is 4.05. The van der Waals surface area contributed by atoms with E-state index in [4.69, 9.17) is 0 Å². The van der Waals surface area contributed by atoms with Crippen LogP contribution in [0.2, 0.25) is 0 Å². The van der Waals surface area contributed by atoms with Crippen LogP contribution in [0.15, 0.2) is 12.1 Å². The minimum atomic E-state index is -0.907. The quantitative estimate of drug-likeness (QED) is 0.874. The number of aryl methyl sites for hydroxylation is 1. The van der Waals surface area contributed by atoms with E-state index in [1.807, 2.05) is 0 Å². The zero-order chi connectivity index (χ0) is 12.4. The van der Waals surface area contributed by atoms with E-state index in [-0.39, 0.29) is 16.4 Å². The van der Waals surface area contributed by atoms with Crippen molar-refractivity contribution in [2.45, 2.75) is 37.5 Å². The highest BCUT2D eigenvalue weighted by molar-refractivity contribution is 7.99. The molecule has 2 unspecified atom stereocenters. The molecule has 1 heterocycles. The number of aliphatic hydroxyl groups excluding tert-OH is 1. The van der Waals surface area contributed by atoms with E-state index in [1.54, 1.807) is 11.8 Å². The van der Waals surface area contributed by atoms with Gasteiger partial charge in [-0.15, -0.1) is 0 Å². The monoisotopic (exact) mass is 258 g/mol. The Labute approximate surface area is 104 Å². The van der Waals surface area contributed by atoms with Gasteiger partial charge in [-0.2, -0.15) is 11.8 Å². The van der Waals surface area contributed by atoms with E-state index in [2.05, 4.69) is 0 Å². The van der Waals surface area contributed by atoms with E-state index in [1.165, 1.54) is 19.1 Å². The van der Waals surface area contributed by atoms with Crippen LogP contribution in [0.3, 0.4) is 0 Å². The van der Waals surface area contributed by atoms with Crippen molar-refractivity contribution in [3.8, 4) is 0 Å². The van der Waals surface area contributed by atoms with Crippen molar-refractivity contribution in [2.24, 2.45) is 0 Å². The number of hydrogen-bond donors (Lipinski definition) is 1. The number of hydrogen-bond acceptors (Lipinski definition) is 2. The molecule has 1 nitrogen and oxygen atoms in total. The summed E-state index contributed by atoms with van der Waals surface area (Å²) >= 11 is 1.65. The lowest BCUT2D eigenvalue weighted by Gasteiger charge is -2.26. The van der Waals surface area contributed by atoms with E-state index in [0.29, 0.717) is 0 Å². The van der Waals surface area contributed by atoms with Crippen LogP contribution < -0.4 is 0 Å². The minimum absolute atomic E-state index is 0.0136. The highest BCUT2D eigenvalue weighted by Crippen LogP contribution is 2.36. The molecule has 0 saturated carbocycles. The summed E-state index contributed by atoms with van der Waals surface area (Å²) in [6.07, 6.45) is 2.14. The van der Waals surface area contributed by atoms with E-state index >= 15 is 0 Å². The Hall–Kier alpha value is -0.610. The first-order chi connectivity index (χ1) is 8.11. The molecule has 1 aromatic carbocycles. The predicted molar refractivity (Wildman–Crippen MR) is 66.2 cm³/mol. The molecule has 1 aliphatic rings. The van der Waals surface area contributed by atoms with Crippen molar-refractivity contribution >= 4 is 11.8 Å². The lowest BCUT2D eigenvalue weighted by molar-refractivity contribution is 0.163. The first-order valence-corrected chi connectivity index (χ1v) is 6.90. The lowest BCUT2D eigenvalue weighted by Crippen LogP contribution is -2.20. The molecule has 1 saturated heterocycles.